The Morgan fingerprint density at radius 1 is 0.167 bits per heavy atom. The molecule has 0 radical (unpaired) electrons. The van der Waals surface area contributed by atoms with Crippen LogP contribution >= 0.6 is 34.0 Å². The zero-order valence-corrected chi connectivity index (χ0v) is 67.8. The number of hydrogen-bond donors (Lipinski definition) is 0. The van der Waals surface area contributed by atoms with E-state index in [4.69, 9.17) is 0 Å². The Balaban J connectivity index is 0.000000600. The SMILES string of the molecule is C[Si](C)(C)[C]([Al]1[S][Al]([C]([Si](C)(C)C)([Si](C)(C)C)[Si](C)(C)C)[S]1)([Si](C)(C)C)[Si](C)(C)C.C[Si](C)(C)[C]([Al]1[S][Al]([C]([Si](C)(C)C)([Si](C)(C)C)[Si](C)(C)C)[S]1)([Si](C)(C)C)[Si](C)(C)C. The summed E-state index contributed by atoms with van der Waals surface area (Å²) in [6, 6.07) is 0. The molecule has 0 N–H and O–H groups in total. The third kappa shape index (κ3) is 10.8. The maximum absolute atomic E-state index is 2.80. The first-order valence-corrected chi connectivity index (χ1v) is 83.4. The molecule has 2 heterocycles. The fourth-order valence-electron chi connectivity index (χ4n) is 19.0. The molecule has 60 heavy (non-hydrogen) atoms. The van der Waals surface area contributed by atoms with Crippen LogP contribution in [0.1, 0.15) is 0 Å². The average Bonchev–Trinajstić information content (AvgIpc) is 2.76. The lowest BCUT2D eigenvalue weighted by molar-refractivity contribution is 1.23. The first kappa shape index (κ1) is 64.1. The van der Waals surface area contributed by atoms with Crippen LogP contribution < -0.4 is 0 Å². The minimum absolute atomic E-state index is 0.843. The van der Waals surface area contributed by atoms with Crippen LogP contribution in [0, 0.1) is 0 Å². The van der Waals surface area contributed by atoms with Crippen molar-refractivity contribution in [2.75, 3.05) is 0 Å². The molecule has 0 bridgehead atoms. The average molecular weight is 1160 g/mol. The largest absolute Gasteiger partial charge is 0.388 e. The molecule has 0 amide bonds. The number of rotatable bonds is 16. The van der Waals surface area contributed by atoms with Gasteiger partial charge in [0.1, 0.15) is 0 Å². The molecule has 0 unspecified atom stereocenters. The van der Waals surface area contributed by atoms with Crippen LogP contribution in [0.4, 0.5) is 0 Å². The summed E-state index contributed by atoms with van der Waals surface area (Å²) in [5, 5.41) is 0. The molecule has 2 fully saturated rings. The quantitative estimate of drug-likeness (QED) is 0.141. The lowest BCUT2D eigenvalue weighted by atomic mass is 11.6. The lowest BCUT2D eigenvalue weighted by Crippen LogP contribution is -2.77. The number of hydrogen-bond acceptors (Lipinski definition) is 4. The minimum atomic E-state index is -1.27. The summed E-state index contributed by atoms with van der Waals surface area (Å²) in [4.78, 5) is 0. The van der Waals surface area contributed by atoms with Gasteiger partial charge in [-0.1, -0.05) is 248 Å². The van der Waals surface area contributed by atoms with Crippen LogP contribution in [0.25, 0.3) is 0 Å². The van der Waals surface area contributed by atoms with Crippen LogP contribution in [-0.2, 0) is 0 Å². The molecule has 0 nitrogen and oxygen atoms in total. The molecular weight excluding hydrogens is 1050 g/mol. The van der Waals surface area contributed by atoms with E-state index in [9.17, 15) is 0 Å². The van der Waals surface area contributed by atoms with Crippen LogP contribution in [0.15, 0.2) is 0 Å². The fourth-order valence-corrected chi connectivity index (χ4v) is 333. The Labute approximate surface area is 420 Å². The Morgan fingerprint density at radius 3 is 0.283 bits per heavy atom. The van der Waals surface area contributed by atoms with E-state index >= 15 is 0 Å². The summed E-state index contributed by atoms with van der Waals surface area (Å²) in [7, 11) is -4.01. The van der Waals surface area contributed by atoms with Crippen LogP contribution in [0.3, 0.4) is 0 Å². The molecule has 352 valence electrons. The maximum atomic E-state index is 2.80. The van der Waals surface area contributed by atoms with Crippen molar-refractivity contribution in [2.24, 2.45) is 0 Å². The summed E-state index contributed by atoms with van der Waals surface area (Å²) >= 11 is -3.41. The maximum Gasteiger partial charge on any atom is 0.388 e. The highest BCUT2D eigenvalue weighted by Crippen LogP contribution is 2.74. The molecule has 2 aliphatic rings. The van der Waals surface area contributed by atoms with Gasteiger partial charge in [0.05, 0.1) is 0 Å². The van der Waals surface area contributed by atoms with Gasteiger partial charge in [0.15, 0.2) is 0 Å². The normalized spacial score (nSPS) is 18.6. The van der Waals surface area contributed by atoms with E-state index in [0.29, 0.717) is 0 Å². The third-order valence-electron chi connectivity index (χ3n) is 16.6. The Bertz CT molecular complexity index is 1110. The van der Waals surface area contributed by atoms with E-state index in [2.05, 4.69) is 270 Å². The molecule has 0 saturated carbocycles. The van der Waals surface area contributed by atoms with Gasteiger partial charge >= 0.3 is 47.5 Å². The van der Waals surface area contributed by atoms with Crippen molar-refractivity contribution < 1.29 is 0 Å². The second kappa shape index (κ2) is 19.2. The van der Waals surface area contributed by atoms with E-state index in [0.717, 1.165) is 12.6 Å². The van der Waals surface area contributed by atoms with Gasteiger partial charge in [0.2, 0.25) is 0 Å². The Kier molecular flexibility index (Phi) is 20.5. The van der Waals surface area contributed by atoms with Crippen molar-refractivity contribution in [1.82, 2.24) is 0 Å². The summed E-state index contributed by atoms with van der Waals surface area (Å²) < 4.78 is 3.37. The van der Waals surface area contributed by atoms with Crippen molar-refractivity contribution >= 4 is 178 Å². The van der Waals surface area contributed by atoms with Gasteiger partial charge in [-0.05, 0) is 0 Å². The van der Waals surface area contributed by atoms with E-state index < -0.39 is 144 Å². The highest BCUT2D eigenvalue weighted by atomic mass is 32.8. The van der Waals surface area contributed by atoms with Gasteiger partial charge in [-0.15, -0.1) is 0 Å². The Hall–Kier alpha value is 6.13. The monoisotopic (exact) mass is 1160 g/mol. The fraction of sp³-hybridized carbons (Fsp3) is 1.00. The highest BCUT2D eigenvalue weighted by molar-refractivity contribution is 8.94. The molecule has 0 aromatic heterocycles. The topological polar surface area (TPSA) is 0 Å². The van der Waals surface area contributed by atoms with Crippen molar-refractivity contribution in [3.63, 3.8) is 0 Å². The summed E-state index contributed by atoms with van der Waals surface area (Å²) in [6.45, 7) is 99.8. The molecule has 2 rings (SSSR count). The Morgan fingerprint density at radius 2 is 0.233 bits per heavy atom. The summed E-state index contributed by atoms with van der Waals surface area (Å²) in [6.07, 6.45) is 0. The standard InChI is InChI=1S/4C10H27Si3.4Al.4S/c4*1-11(2,3)10(12(4,5)6)13(7,8)9;;;;;;;;/h4*1-9H3;;;;;;;;. The zero-order valence-electron chi connectivity index (χ0n) is 47.9. The smallest absolute Gasteiger partial charge is 0.326 e. The van der Waals surface area contributed by atoms with Crippen molar-refractivity contribution in [3.8, 4) is 0 Å². The molecule has 20 heteroatoms. The second-order valence-corrected chi connectivity index (χ2v) is 144. The molecule has 0 atom stereocenters. The van der Waals surface area contributed by atoms with Crippen molar-refractivity contribution in [2.45, 2.75) is 248 Å². The van der Waals surface area contributed by atoms with Crippen LogP contribution in [0.5, 0.6) is 0 Å². The van der Waals surface area contributed by atoms with E-state index in [-0.39, 0.29) is 0 Å². The molecular formula is C40H108Al4S4Si12. The molecule has 2 aliphatic heterocycles. The molecule has 0 aromatic carbocycles. The molecule has 0 spiro atoms. The second-order valence-electron chi connectivity index (χ2n) is 32.1. The summed E-state index contributed by atoms with van der Waals surface area (Å²) in [5.41, 5.74) is 0. The zero-order chi connectivity index (χ0) is 49.1. The van der Waals surface area contributed by atoms with E-state index in [1.807, 2.05) is 0 Å². The van der Waals surface area contributed by atoms with Gasteiger partial charge in [0.25, 0.3) is 0 Å². The first-order chi connectivity index (χ1) is 25.4. The van der Waals surface area contributed by atoms with Gasteiger partial charge in [-0.3, -0.25) is 0 Å². The molecule has 0 aliphatic carbocycles. The van der Waals surface area contributed by atoms with Crippen molar-refractivity contribution in [3.05, 3.63) is 0 Å². The van der Waals surface area contributed by atoms with Crippen molar-refractivity contribution in [1.29, 1.82) is 0 Å². The lowest BCUT2D eigenvalue weighted by Gasteiger charge is -2.69. The van der Waals surface area contributed by atoms with Gasteiger partial charge in [-0.2, -0.15) is 0 Å². The predicted octanol–water partition coefficient (Wildman–Crippen LogP) is 18.4. The van der Waals surface area contributed by atoms with E-state index in [1.165, 1.54) is 0 Å². The summed E-state index contributed by atoms with van der Waals surface area (Å²) in [5.74, 6) is 0. The molecule has 2 saturated heterocycles. The highest BCUT2D eigenvalue weighted by Gasteiger charge is 2.77. The first-order valence-electron chi connectivity index (χ1n) is 24.0. The third-order valence-corrected chi connectivity index (χ3v) is 217. The van der Waals surface area contributed by atoms with Crippen LogP contribution in [0.2, 0.25) is 248 Å². The van der Waals surface area contributed by atoms with Crippen LogP contribution in [-0.4, -0.2) is 144 Å². The minimum Gasteiger partial charge on any atom is -0.326 e. The van der Waals surface area contributed by atoms with Gasteiger partial charge in [0, 0.05) is 96.9 Å². The molecule has 0 aromatic rings. The predicted molar refractivity (Wildman–Crippen MR) is 344 cm³/mol. The van der Waals surface area contributed by atoms with Gasteiger partial charge in [-0.25, -0.2) is 0 Å². The van der Waals surface area contributed by atoms with E-state index in [1.54, 1.807) is 0 Å². The van der Waals surface area contributed by atoms with Gasteiger partial charge < -0.3 is 34.0 Å².